The number of halogens is 1. The zero-order chi connectivity index (χ0) is 18.0. The molecular formula is C16H20ClN7O. The van der Waals surface area contributed by atoms with Gasteiger partial charge >= 0.3 is 0 Å². The number of aryl methyl sites for hydroxylation is 2. The van der Waals surface area contributed by atoms with Gasteiger partial charge in [0, 0.05) is 36.7 Å². The summed E-state index contributed by atoms with van der Waals surface area (Å²) < 4.78 is 5.31. The number of nitrogens with one attached hydrogen (secondary N) is 1. The van der Waals surface area contributed by atoms with Crippen LogP contribution in [0.25, 0.3) is 0 Å². The van der Waals surface area contributed by atoms with Gasteiger partial charge in [-0.15, -0.1) is 0 Å². The van der Waals surface area contributed by atoms with E-state index in [1.807, 2.05) is 24.7 Å². The smallest absolute Gasteiger partial charge is 0.277 e. The van der Waals surface area contributed by atoms with Gasteiger partial charge in [-0.05, 0) is 20.8 Å². The van der Waals surface area contributed by atoms with Gasteiger partial charge in [-0.25, -0.2) is 0 Å². The third-order valence-electron chi connectivity index (χ3n) is 3.98. The minimum Gasteiger partial charge on any atom is -0.318 e. The number of hydrogen-bond donors (Lipinski definition) is 1. The Bertz CT molecular complexity index is 892. The minimum absolute atomic E-state index is 0.205. The zero-order valence-corrected chi connectivity index (χ0v) is 15.2. The lowest BCUT2D eigenvalue weighted by atomic mass is 10.2. The number of amides is 1. The highest BCUT2D eigenvalue weighted by Gasteiger charge is 2.16. The molecule has 0 unspecified atom stereocenters. The second-order valence-corrected chi connectivity index (χ2v) is 6.04. The molecule has 0 bridgehead atoms. The zero-order valence-electron chi connectivity index (χ0n) is 14.4. The van der Waals surface area contributed by atoms with Gasteiger partial charge in [-0.2, -0.15) is 15.3 Å². The van der Waals surface area contributed by atoms with Gasteiger partial charge in [-0.1, -0.05) is 11.6 Å². The highest BCUT2D eigenvalue weighted by molar-refractivity contribution is 6.34. The van der Waals surface area contributed by atoms with Gasteiger partial charge in [0.15, 0.2) is 5.69 Å². The lowest BCUT2D eigenvalue weighted by molar-refractivity contribution is 0.102. The van der Waals surface area contributed by atoms with Crippen molar-refractivity contribution in [2.75, 3.05) is 5.32 Å². The third kappa shape index (κ3) is 3.58. The summed E-state index contributed by atoms with van der Waals surface area (Å²) in [6.45, 7) is 8.08. The second-order valence-electron chi connectivity index (χ2n) is 5.63. The maximum absolute atomic E-state index is 12.3. The average molecular weight is 362 g/mol. The van der Waals surface area contributed by atoms with Gasteiger partial charge in [-0.3, -0.25) is 18.8 Å². The largest absolute Gasteiger partial charge is 0.318 e. The van der Waals surface area contributed by atoms with Crippen LogP contribution in [0.3, 0.4) is 0 Å². The standard InChI is InChI=1S/C16H20ClN7O/c1-4-22-10-14(17)15(21-22)16(25)20-13-7-18-23(9-13)8-12-6-19-24(5-2)11(12)3/h6-7,9-10H,4-5,8H2,1-3H3,(H,20,25). The number of aromatic nitrogens is 6. The summed E-state index contributed by atoms with van der Waals surface area (Å²) in [5.74, 6) is -0.355. The molecule has 0 aliphatic rings. The molecule has 0 radical (unpaired) electrons. The van der Waals surface area contributed by atoms with E-state index < -0.39 is 0 Å². The number of anilines is 1. The minimum atomic E-state index is -0.355. The van der Waals surface area contributed by atoms with Crippen LogP contribution in [0.1, 0.15) is 35.6 Å². The van der Waals surface area contributed by atoms with E-state index in [0.717, 1.165) is 17.8 Å². The molecule has 0 atom stereocenters. The molecule has 25 heavy (non-hydrogen) atoms. The van der Waals surface area contributed by atoms with E-state index in [2.05, 4.69) is 27.5 Å². The van der Waals surface area contributed by atoms with Crippen molar-refractivity contribution in [1.82, 2.24) is 29.3 Å². The molecule has 0 aliphatic heterocycles. The van der Waals surface area contributed by atoms with Gasteiger partial charge in [0.25, 0.3) is 5.91 Å². The summed E-state index contributed by atoms with van der Waals surface area (Å²) in [6, 6.07) is 0. The van der Waals surface area contributed by atoms with Gasteiger partial charge < -0.3 is 5.32 Å². The van der Waals surface area contributed by atoms with E-state index in [9.17, 15) is 4.79 Å². The number of nitrogens with zero attached hydrogens (tertiary/aromatic N) is 6. The molecular weight excluding hydrogens is 342 g/mol. The highest BCUT2D eigenvalue weighted by atomic mass is 35.5. The SMILES string of the molecule is CCn1cc(Cl)c(C(=O)Nc2cnn(Cc3cnn(CC)c3C)c2)n1. The van der Waals surface area contributed by atoms with Crippen molar-refractivity contribution < 1.29 is 4.79 Å². The van der Waals surface area contributed by atoms with Gasteiger partial charge in [0.05, 0.1) is 29.6 Å². The van der Waals surface area contributed by atoms with Crippen LogP contribution in [-0.2, 0) is 19.6 Å². The van der Waals surface area contributed by atoms with E-state index in [0.29, 0.717) is 23.8 Å². The molecule has 0 saturated heterocycles. The Balaban J connectivity index is 1.69. The average Bonchev–Trinajstić information content (AvgIpc) is 3.28. The molecule has 8 nitrogen and oxygen atoms in total. The molecule has 3 heterocycles. The lowest BCUT2D eigenvalue weighted by Gasteiger charge is -2.03. The Kier molecular flexibility index (Phi) is 4.89. The Morgan fingerprint density at radius 3 is 2.60 bits per heavy atom. The molecule has 1 N–H and O–H groups in total. The monoisotopic (exact) mass is 361 g/mol. The number of carbonyl (C=O) groups excluding carboxylic acids is 1. The molecule has 1 amide bonds. The van der Waals surface area contributed by atoms with Crippen molar-refractivity contribution in [3.05, 3.63) is 46.8 Å². The van der Waals surface area contributed by atoms with E-state index in [-0.39, 0.29) is 11.6 Å². The number of carbonyl (C=O) groups is 1. The van der Waals surface area contributed by atoms with Crippen molar-refractivity contribution in [2.24, 2.45) is 0 Å². The van der Waals surface area contributed by atoms with E-state index in [4.69, 9.17) is 11.6 Å². The molecule has 0 saturated carbocycles. The topological polar surface area (TPSA) is 82.6 Å². The van der Waals surface area contributed by atoms with Crippen LogP contribution < -0.4 is 5.32 Å². The molecule has 0 spiro atoms. The first kappa shape index (κ1) is 17.2. The summed E-state index contributed by atoms with van der Waals surface area (Å²) in [7, 11) is 0. The maximum atomic E-state index is 12.3. The molecule has 0 fully saturated rings. The third-order valence-corrected chi connectivity index (χ3v) is 4.26. The van der Waals surface area contributed by atoms with Gasteiger partial charge in [0.2, 0.25) is 0 Å². The molecule has 3 rings (SSSR count). The first-order chi connectivity index (χ1) is 12.0. The fraction of sp³-hybridized carbons (Fsp3) is 0.375. The predicted octanol–water partition coefficient (Wildman–Crippen LogP) is 2.58. The highest BCUT2D eigenvalue weighted by Crippen LogP contribution is 2.17. The lowest BCUT2D eigenvalue weighted by Crippen LogP contribution is -2.13. The van der Waals surface area contributed by atoms with Crippen molar-refractivity contribution in [2.45, 2.75) is 40.4 Å². The fourth-order valence-electron chi connectivity index (χ4n) is 2.55. The summed E-state index contributed by atoms with van der Waals surface area (Å²) >= 11 is 6.06. The quantitative estimate of drug-likeness (QED) is 0.731. The fourth-order valence-corrected chi connectivity index (χ4v) is 2.79. The van der Waals surface area contributed by atoms with Crippen molar-refractivity contribution in [1.29, 1.82) is 0 Å². The van der Waals surface area contributed by atoms with E-state index >= 15 is 0 Å². The Hall–Kier alpha value is -2.61. The second kappa shape index (κ2) is 7.10. The van der Waals surface area contributed by atoms with Crippen LogP contribution in [0.2, 0.25) is 5.02 Å². The molecule has 132 valence electrons. The first-order valence-corrected chi connectivity index (χ1v) is 8.47. The van der Waals surface area contributed by atoms with Crippen LogP contribution in [-0.4, -0.2) is 35.2 Å². The Morgan fingerprint density at radius 2 is 1.96 bits per heavy atom. The van der Waals surface area contributed by atoms with Crippen LogP contribution >= 0.6 is 11.6 Å². The molecule has 0 aliphatic carbocycles. The Morgan fingerprint density at radius 1 is 1.16 bits per heavy atom. The summed E-state index contributed by atoms with van der Waals surface area (Å²) in [6.07, 6.45) is 6.84. The summed E-state index contributed by atoms with van der Waals surface area (Å²) in [5.41, 5.74) is 3.00. The first-order valence-electron chi connectivity index (χ1n) is 8.09. The molecule has 3 aromatic heterocycles. The van der Waals surface area contributed by atoms with E-state index in [1.54, 1.807) is 28.0 Å². The van der Waals surface area contributed by atoms with Crippen molar-refractivity contribution in [3.8, 4) is 0 Å². The van der Waals surface area contributed by atoms with Crippen LogP contribution in [0.15, 0.2) is 24.8 Å². The predicted molar refractivity (Wildman–Crippen MR) is 94.8 cm³/mol. The normalized spacial score (nSPS) is 11.0. The Labute approximate surface area is 150 Å². The van der Waals surface area contributed by atoms with E-state index in [1.165, 1.54) is 0 Å². The van der Waals surface area contributed by atoms with Gasteiger partial charge in [0.1, 0.15) is 0 Å². The van der Waals surface area contributed by atoms with Crippen LogP contribution in [0.4, 0.5) is 5.69 Å². The molecule has 3 aromatic rings. The van der Waals surface area contributed by atoms with Crippen LogP contribution in [0, 0.1) is 6.92 Å². The number of hydrogen-bond acceptors (Lipinski definition) is 4. The summed E-state index contributed by atoms with van der Waals surface area (Å²) in [5, 5.41) is 15.9. The van der Waals surface area contributed by atoms with Crippen LogP contribution in [0.5, 0.6) is 0 Å². The summed E-state index contributed by atoms with van der Waals surface area (Å²) in [4.78, 5) is 12.3. The van der Waals surface area contributed by atoms with Crippen molar-refractivity contribution in [3.63, 3.8) is 0 Å². The number of rotatable bonds is 6. The molecule has 0 aromatic carbocycles. The molecule has 9 heteroatoms. The maximum Gasteiger partial charge on any atom is 0.277 e. The van der Waals surface area contributed by atoms with Crippen molar-refractivity contribution >= 4 is 23.2 Å².